The van der Waals surface area contributed by atoms with Gasteiger partial charge in [0.1, 0.15) is 12.2 Å². The van der Waals surface area contributed by atoms with Gasteiger partial charge in [-0.3, -0.25) is 9.48 Å². The maximum absolute atomic E-state index is 11.5. The molecule has 3 unspecified atom stereocenters. The third-order valence-electron chi connectivity index (χ3n) is 4.68. The monoisotopic (exact) mass is 293 g/mol. The number of carboxylic acids is 1. The van der Waals surface area contributed by atoms with Gasteiger partial charge in [-0.15, -0.1) is 0 Å². The van der Waals surface area contributed by atoms with E-state index in [0.29, 0.717) is 5.92 Å². The molecule has 0 saturated heterocycles. The Balaban J connectivity index is 2.08. The lowest BCUT2D eigenvalue weighted by Gasteiger charge is -2.33. The number of aromatic nitrogens is 3. The van der Waals surface area contributed by atoms with Crippen molar-refractivity contribution in [2.75, 3.05) is 0 Å². The molecule has 0 spiro atoms. The third kappa shape index (κ3) is 4.05. The summed E-state index contributed by atoms with van der Waals surface area (Å²) in [7, 11) is 0. The first-order valence-electron chi connectivity index (χ1n) is 8.25. The van der Waals surface area contributed by atoms with Crippen LogP contribution in [0.4, 0.5) is 0 Å². The fourth-order valence-corrected chi connectivity index (χ4v) is 3.66. The molecular formula is C16H27N3O2. The second kappa shape index (κ2) is 7.57. The van der Waals surface area contributed by atoms with Crippen LogP contribution in [0.15, 0.2) is 6.33 Å². The summed E-state index contributed by atoms with van der Waals surface area (Å²) in [4.78, 5) is 15.9. The predicted molar refractivity (Wildman–Crippen MR) is 80.9 cm³/mol. The molecule has 0 bridgehead atoms. The first-order valence-corrected chi connectivity index (χ1v) is 8.25. The molecule has 1 heterocycles. The molecule has 1 aliphatic carbocycles. The van der Waals surface area contributed by atoms with Crippen molar-refractivity contribution in [2.45, 2.75) is 65.3 Å². The lowest BCUT2D eigenvalue weighted by Crippen LogP contribution is -2.32. The summed E-state index contributed by atoms with van der Waals surface area (Å²) in [6, 6.07) is 0. The number of aliphatic carboxylic acids is 1. The van der Waals surface area contributed by atoms with Gasteiger partial charge < -0.3 is 5.11 Å². The number of aryl methyl sites for hydroxylation is 1. The summed E-state index contributed by atoms with van der Waals surface area (Å²) < 4.78 is 1.93. The SMILES string of the molecule is CCCC1CCC(C(=O)O)C(Cc2ncnn2CCC)C1. The summed E-state index contributed by atoms with van der Waals surface area (Å²) in [6.07, 6.45) is 8.64. The highest BCUT2D eigenvalue weighted by atomic mass is 16.4. The molecular weight excluding hydrogens is 266 g/mol. The Hall–Kier alpha value is -1.39. The van der Waals surface area contributed by atoms with Gasteiger partial charge in [0.25, 0.3) is 0 Å². The van der Waals surface area contributed by atoms with Crippen molar-refractivity contribution in [3.05, 3.63) is 12.2 Å². The van der Waals surface area contributed by atoms with Gasteiger partial charge in [0, 0.05) is 13.0 Å². The molecule has 1 aliphatic rings. The second-order valence-electron chi connectivity index (χ2n) is 6.28. The average Bonchev–Trinajstić information content (AvgIpc) is 2.87. The van der Waals surface area contributed by atoms with E-state index in [1.54, 1.807) is 6.33 Å². The molecule has 1 aromatic heterocycles. The number of nitrogens with zero attached hydrogens (tertiary/aromatic N) is 3. The number of hydrogen-bond acceptors (Lipinski definition) is 3. The number of rotatable bonds is 7. The minimum absolute atomic E-state index is 0.201. The summed E-state index contributed by atoms with van der Waals surface area (Å²) in [5.74, 6) is 0.970. The molecule has 21 heavy (non-hydrogen) atoms. The Bertz CT molecular complexity index is 458. The van der Waals surface area contributed by atoms with Crippen LogP contribution in [0.5, 0.6) is 0 Å². The fourth-order valence-electron chi connectivity index (χ4n) is 3.66. The average molecular weight is 293 g/mol. The van der Waals surface area contributed by atoms with Crippen LogP contribution in [-0.2, 0) is 17.8 Å². The van der Waals surface area contributed by atoms with Crippen LogP contribution in [0.2, 0.25) is 0 Å². The maximum Gasteiger partial charge on any atom is 0.306 e. The number of hydrogen-bond donors (Lipinski definition) is 1. The van der Waals surface area contributed by atoms with Crippen LogP contribution in [0.1, 0.15) is 58.2 Å². The Labute approximate surface area is 126 Å². The van der Waals surface area contributed by atoms with Crippen molar-refractivity contribution in [2.24, 2.45) is 17.8 Å². The van der Waals surface area contributed by atoms with Gasteiger partial charge in [-0.2, -0.15) is 5.10 Å². The van der Waals surface area contributed by atoms with Gasteiger partial charge in [-0.1, -0.05) is 26.7 Å². The summed E-state index contributed by atoms with van der Waals surface area (Å²) >= 11 is 0. The molecule has 5 nitrogen and oxygen atoms in total. The Morgan fingerprint density at radius 3 is 2.86 bits per heavy atom. The van der Waals surface area contributed by atoms with Gasteiger partial charge >= 0.3 is 5.97 Å². The van der Waals surface area contributed by atoms with Crippen LogP contribution in [0.3, 0.4) is 0 Å². The van der Waals surface area contributed by atoms with Crippen LogP contribution < -0.4 is 0 Å². The molecule has 0 amide bonds. The minimum atomic E-state index is -0.642. The lowest BCUT2D eigenvalue weighted by atomic mass is 9.71. The van der Waals surface area contributed by atoms with Crippen LogP contribution in [0, 0.1) is 17.8 Å². The van der Waals surface area contributed by atoms with Crippen molar-refractivity contribution < 1.29 is 9.90 Å². The largest absolute Gasteiger partial charge is 0.481 e. The standard InChI is InChI=1S/C16H27N3O2/c1-3-5-12-6-7-14(16(20)21)13(9-12)10-15-17-11-18-19(15)8-4-2/h11-14H,3-10H2,1-2H3,(H,20,21). The topological polar surface area (TPSA) is 68.0 Å². The van der Waals surface area contributed by atoms with Crippen molar-refractivity contribution in [3.63, 3.8) is 0 Å². The Morgan fingerprint density at radius 1 is 1.38 bits per heavy atom. The zero-order valence-corrected chi connectivity index (χ0v) is 13.2. The van der Waals surface area contributed by atoms with Crippen molar-refractivity contribution in [1.29, 1.82) is 0 Å². The third-order valence-corrected chi connectivity index (χ3v) is 4.68. The molecule has 0 radical (unpaired) electrons. The van der Waals surface area contributed by atoms with Crippen LogP contribution in [0.25, 0.3) is 0 Å². The highest BCUT2D eigenvalue weighted by molar-refractivity contribution is 5.70. The second-order valence-corrected chi connectivity index (χ2v) is 6.28. The van der Waals surface area contributed by atoms with Crippen molar-refractivity contribution in [1.82, 2.24) is 14.8 Å². The van der Waals surface area contributed by atoms with Crippen molar-refractivity contribution >= 4 is 5.97 Å². The number of carboxylic acid groups (broad SMARTS) is 1. The zero-order valence-electron chi connectivity index (χ0n) is 13.2. The zero-order chi connectivity index (χ0) is 15.2. The van der Waals surface area contributed by atoms with Crippen molar-refractivity contribution in [3.8, 4) is 0 Å². The van der Waals surface area contributed by atoms with E-state index in [1.807, 2.05) is 4.68 Å². The molecule has 1 fully saturated rings. The summed E-state index contributed by atoms with van der Waals surface area (Å²) in [6.45, 7) is 5.18. The highest BCUT2D eigenvalue weighted by Crippen LogP contribution is 2.37. The van der Waals surface area contributed by atoms with E-state index < -0.39 is 5.97 Å². The molecule has 3 atom stereocenters. The van der Waals surface area contributed by atoms with Gasteiger partial charge in [0.15, 0.2) is 0 Å². The smallest absolute Gasteiger partial charge is 0.306 e. The van der Waals surface area contributed by atoms with Crippen LogP contribution >= 0.6 is 0 Å². The molecule has 0 aromatic carbocycles. The molecule has 1 aromatic rings. The quantitative estimate of drug-likeness (QED) is 0.838. The maximum atomic E-state index is 11.5. The van der Waals surface area contributed by atoms with Gasteiger partial charge in [-0.25, -0.2) is 4.98 Å². The van der Waals surface area contributed by atoms with E-state index in [4.69, 9.17) is 0 Å². The van der Waals surface area contributed by atoms with Crippen LogP contribution in [-0.4, -0.2) is 25.8 Å². The Kier molecular flexibility index (Phi) is 5.76. The normalized spacial score (nSPS) is 25.9. The van der Waals surface area contributed by atoms with Gasteiger partial charge in [-0.05, 0) is 37.5 Å². The van der Waals surface area contributed by atoms with E-state index >= 15 is 0 Å². The summed E-state index contributed by atoms with van der Waals surface area (Å²) in [5, 5.41) is 13.7. The van der Waals surface area contributed by atoms with E-state index in [-0.39, 0.29) is 11.8 Å². The first kappa shape index (κ1) is 16.0. The first-order chi connectivity index (χ1) is 10.2. The number of carbonyl (C=O) groups is 1. The summed E-state index contributed by atoms with van der Waals surface area (Å²) in [5.41, 5.74) is 0. The molecule has 1 N–H and O–H groups in total. The van der Waals surface area contributed by atoms with Gasteiger partial charge in [0.05, 0.1) is 5.92 Å². The molecule has 2 rings (SSSR count). The highest BCUT2D eigenvalue weighted by Gasteiger charge is 2.35. The van der Waals surface area contributed by atoms with E-state index in [0.717, 1.165) is 44.5 Å². The molecule has 118 valence electrons. The van der Waals surface area contributed by atoms with E-state index in [2.05, 4.69) is 23.9 Å². The predicted octanol–water partition coefficient (Wildman–Crippen LogP) is 3.15. The fraction of sp³-hybridized carbons (Fsp3) is 0.812. The van der Waals surface area contributed by atoms with E-state index in [1.165, 1.54) is 12.8 Å². The molecule has 0 aliphatic heterocycles. The van der Waals surface area contributed by atoms with Gasteiger partial charge in [0.2, 0.25) is 0 Å². The molecule has 1 saturated carbocycles. The minimum Gasteiger partial charge on any atom is -0.481 e. The van der Waals surface area contributed by atoms with E-state index in [9.17, 15) is 9.90 Å². The molecule has 5 heteroatoms. The lowest BCUT2D eigenvalue weighted by molar-refractivity contribution is -0.145. The Morgan fingerprint density at radius 2 is 2.19 bits per heavy atom.